The standard InChI is InChI=1S/C17H19N3O6S/c18-5-10-1-3-11(4-2-10)16(25)14-6-19-17(27-14)20-15(9-23)26-13(8-22)12(24)7-21/h1-4,6,12-13,15,21-24H,7-9H2,(H,19,20)/t12-,13?,15-/m0/s1. The Hall–Kier alpha value is -2.39. The Morgan fingerprint density at radius 3 is 2.48 bits per heavy atom. The number of benzene rings is 1. The van der Waals surface area contributed by atoms with E-state index < -0.39 is 38.3 Å². The Morgan fingerprint density at radius 1 is 1.22 bits per heavy atom. The zero-order valence-electron chi connectivity index (χ0n) is 14.1. The Kier molecular flexibility index (Phi) is 7.81. The highest BCUT2D eigenvalue weighted by molar-refractivity contribution is 7.17. The lowest BCUT2D eigenvalue weighted by atomic mass is 10.1. The van der Waals surface area contributed by atoms with Crippen molar-refractivity contribution in [3.8, 4) is 6.07 Å². The topological polar surface area (TPSA) is 156 Å². The van der Waals surface area contributed by atoms with Crippen LogP contribution in [0.25, 0.3) is 0 Å². The minimum Gasteiger partial charge on any atom is -0.394 e. The van der Waals surface area contributed by atoms with Gasteiger partial charge in [0.15, 0.2) is 11.4 Å². The fourth-order valence-electron chi connectivity index (χ4n) is 2.13. The molecule has 1 heterocycles. The SMILES string of the molecule is N#Cc1ccc(C(=O)c2cnc(N[C@H](CO)OC(CO)[C@@H](O)CO)s2)cc1. The van der Waals surface area contributed by atoms with Gasteiger partial charge in [0.1, 0.15) is 12.2 Å². The number of aromatic nitrogens is 1. The second-order valence-corrected chi connectivity index (χ2v) is 6.50. The van der Waals surface area contributed by atoms with Gasteiger partial charge in [-0.3, -0.25) is 4.79 Å². The summed E-state index contributed by atoms with van der Waals surface area (Å²) in [5.41, 5.74) is 0.857. The van der Waals surface area contributed by atoms with Gasteiger partial charge in [-0.25, -0.2) is 4.98 Å². The van der Waals surface area contributed by atoms with E-state index in [9.17, 15) is 20.1 Å². The Morgan fingerprint density at radius 2 is 1.93 bits per heavy atom. The zero-order chi connectivity index (χ0) is 19.8. The molecule has 1 aromatic heterocycles. The monoisotopic (exact) mass is 393 g/mol. The van der Waals surface area contributed by atoms with Gasteiger partial charge in [-0.15, -0.1) is 0 Å². The van der Waals surface area contributed by atoms with Crippen molar-refractivity contribution in [2.45, 2.75) is 18.4 Å². The number of nitrogens with zero attached hydrogens (tertiary/aromatic N) is 2. The second-order valence-electron chi connectivity index (χ2n) is 5.47. The second kappa shape index (κ2) is 10.1. The van der Waals surface area contributed by atoms with Crippen LogP contribution in [0.3, 0.4) is 0 Å². The van der Waals surface area contributed by atoms with Crippen molar-refractivity contribution in [3.05, 3.63) is 46.5 Å². The summed E-state index contributed by atoms with van der Waals surface area (Å²) >= 11 is 1.04. The number of carbonyl (C=O) groups excluding carboxylic acids is 1. The van der Waals surface area contributed by atoms with Crippen LogP contribution in [0.1, 0.15) is 20.8 Å². The zero-order valence-corrected chi connectivity index (χ0v) is 15.0. The highest BCUT2D eigenvalue weighted by Crippen LogP contribution is 2.22. The maximum atomic E-state index is 12.5. The molecule has 0 aliphatic rings. The van der Waals surface area contributed by atoms with Crippen molar-refractivity contribution in [1.82, 2.24) is 4.98 Å². The summed E-state index contributed by atoms with van der Waals surface area (Å²) in [5, 5.41) is 48.9. The van der Waals surface area contributed by atoms with Crippen LogP contribution in [-0.4, -0.2) is 69.4 Å². The molecule has 9 nitrogen and oxygen atoms in total. The molecule has 3 atom stereocenters. The van der Waals surface area contributed by atoms with Crippen molar-refractivity contribution in [3.63, 3.8) is 0 Å². The van der Waals surface area contributed by atoms with E-state index in [4.69, 9.17) is 15.1 Å². The normalized spacial score (nSPS) is 14.2. The molecule has 0 amide bonds. The molecule has 5 N–H and O–H groups in total. The fraction of sp³-hybridized carbons (Fsp3) is 0.353. The van der Waals surface area contributed by atoms with E-state index in [-0.39, 0.29) is 5.78 Å². The van der Waals surface area contributed by atoms with E-state index in [0.29, 0.717) is 21.1 Å². The van der Waals surface area contributed by atoms with Crippen molar-refractivity contribution in [2.75, 3.05) is 25.1 Å². The van der Waals surface area contributed by atoms with Gasteiger partial charge >= 0.3 is 0 Å². The molecule has 10 heteroatoms. The van der Waals surface area contributed by atoms with E-state index in [1.165, 1.54) is 6.20 Å². The molecule has 2 rings (SSSR count). The molecule has 1 unspecified atom stereocenters. The highest BCUT2D eigenvalue weighted by atomic mass is 32.1. The number of nitriles is 1. The van der Waals surface area contributed by atoms with Gasteiger partial charge in [-0.2, -0.15) is 5.26 Å². The third kappa shape index (κ3) is 5.54. The first-order chi connectivity index (χ1) is 13.0. The smallest absolute Gasteiger partial charge is 0.204 e. The van der Waals surface area contributed by atoms with Gasteiger partial charge in [0.05, 0.1) is 42.5 Å². The summed E-state index contributed by atoms with van der Waals surface area (Å²) in [5.74, 6) is -0.268. The number of carbonyl (C=O) groups is 1. The van der Waals surface area contributed by atoms with Crippen molar-refractivity contribution in [1.29, 1.82) is 5.26 Å². The average molecular weight is 393 g/mol. The van der Waals surface area contributed by atoms with E-state index in [2.05, 4.69) is 10.3 Å². The van der Waals surface area contributed by atoms with Gasteiger partial charge in [0, 0.05) is 5.56 Å². The van der Waals surface area contributed by atoms with Crippen LogP contribution < -0.4 is 5.32 Å². The number of thiazole rings is 1. The summed E-state index contributed by atoms with van der Waals surface area (Å²) in [6.45, 7) is -1.66. The molecule has 0 saturated carbocycles. The van der Waals surface area contributed by atoms with Crippen LogP contribution >= 0.6 is 11.3 Å². The first kappa shape index (κ1) is 20.9. The average Bonchev–Trinajstić information content (AvgIpc) is 3.18. The Balaban J connectivity index is 2.04. The van der Waals surface area contributed by atoms with Crippen LogP contribution in [0, 0.1) is 11.3 Å². The maximum Gasteiger partial charge on any atom is 0.204 e. The largest absolute Gasteiger partial charge is 0.394 e. The number of aliphatic hydroxyl groups excluding tert-OH is 4. The molecular weight excluding hydrogens is 374 g/mol. The maximum absolute atomic E-state index is 12.5. The van der Waals surface area contributed by atoms with Gasteiger partial charge in [0.2, 0.25) is 5.78 Å². The molecule has 1 aromatic carbocycles. The van der Waals surface area contributed by atoms with E-state index in [1.54, 1.807) is 24.3 Å². The van der Waals surface area contributed by atoms with Crippen LogP contribution in [-0.2, 0) is 4.74 Å². The third-order valence-electron chi connectivity index (χ3n) is 3.59. The number of anilines is 1. The van der Waals surface area contributed by atoms with Crippen LogP contribution in [0.2, 0.25) is 0 Å². The molecule has 0 bridgehead atoms. The predicted molar refractivity (Wildman–Crippen MR) is 96.3 cm³/mol. The molecule has 144 valence electrons. The summed E-state index contributed by atoms with van der Waals surface area (Å²) in [6, 6.07) is 8.17. The van der Waals surface area contributed by atoms with Gasteiger partial charge in [-0.1, -0.05) is 11.3 Å². The quantitative estimate of drug-likeness (QED) is 0.270. The van der Waals surface area contributed by atoms with Crippen LogP contribution in [0.15, 0.2) is 30.5 Å². The van der Waals surface area contributed by atoms with Crippen molar-refractivity contribution < 1.29 is 30.0 Å². The first-order valence-electron chi connectivity index (χ1n) is 7.95. The van der Waals surface area contributed by atoms with Crippen LogP contribution in [0.5, 0.6) is 0 Å². The molecule has 0 aliphatic heterocycles. The van der Waals surface area contributed by atoms with E-state index in [0.717, 1.165) is 11.3 Å². The molecular formula is C17H19N3O6S. The molecule has 0 aliphatic carbocycles. The summed E-state index contributed by atoms with van der Waals surface area (Å²) in [6.07, 6.45) is -2.05. The molecule has 0 spiro atoms. The Labute approximate surface area is 159 Å². The molecule has 27 heavy (non-hydrogen) atoms. The summed E-state index contributed by atoms with van der Waals surface area (Å²) in [4.78, 5) is 16.8. The summed E-state index contributed by atoms with van der Waals surface area (Å²) < 4.78 is 5.32. The molecule has 0 radical (unpaired) electrons. The number of hydrogen-bond acceptors (Lipinski definition) is 10. The molecule has 2 aromatic rings. The third-order valence-corrected chi connectivity index (χ3v) is 4.52. The highest BCUT2D eigenvalue weighted by Gasteiger charge is 2.23. The lowest BCUT2D eigenvalue weighted by Crippen LogP contribution is -2.41. The number of ketones is 1. The molecule has 0 fully saturated rings. The minimum absolute atomic E-state index is 0.268. The van der Waals surface area contributed by atoms with Crippen molar-refractivity contribution >= 4 is 22.3 Å². The number of aliphatic hydroxyl groups is 4. The van der Waals surface area contributed by atoms with Gasteiger partial charge < -0.3 is 30.5 Å². The number of rotatable bonds is 10. The Bertz CT molecular complexity index is 789. The number of nitrogens with one attached hydrogen (secondary N) is 1. The van der Waals surface area contributed by atoms with Gasteiger partial charge in [0.25, 0.3) is 0 Å². The predicted octanol–water partition coefficient (Wildman–Crippen LogP) is -0.293. The summed E-state index contributed by atoms with van der Waals surface area (Å²) in [7, 11) is 0. The van der Waals surface area contributed by atoms with E-state index >= 15 is 0 Å². The fourth-order valence-corrected chi connectivity index (χ4v) is 2.95. The van der Waals surface area contributed by atoms with Gasteiger partial charge in [-0.05, 0) is 24.3 Å². The lowest BCUT2D eigenvalue weighted by molar-refractivity contribution is -0.112. The minimum atomic E-state index is -1.31. The number of hydrogen-bond donors (Lipinski definition) is 5. The first-order valence-corrected chi connectivity index (χ1v) is 8.77. The number of ether oxygens (including phenoxy) is 1. The van der Waals surface area contributed by atoms with E-state index in [1.807, 2.05) is 6.07 Å². The van der Waals surface area contributed by atoms with Crippen molar-refractivity contribution in [2.24, 2.45) is 0 Å². The van der Waals surface area contributed by atoms with Crippen LogP contribution in [0.4, 0.5) is 5.13 Å². The molecule has 0 saturated heterocycles. The lowest BCUT2D eigenvalue weighted by Gasteiger charge is -2.25.